The van der Waals surface area contributed by atoms with Crippen molar-refractivity contribution < 1.29 is 9.13 Å². The van der Waals surface area contributed by atoms with Crippen LogP contribution in [0.25, 0.3) is 5.65 Å². The predicted molar refractivity (Wildman–Crippen MR) is 91.2 cm³/mol. The van der Waals surface area contributed by atoms with Crippen LogP contribution in [0.1, 0.15) is 5.56 Å². The van der Waals surface area contributed by atoms with Gasteiger partial charge in [-0.05, 0) is 29.8 Å². The molecule has 1 saturated heterocycles. The van der Waals surface area contributed by atoms with Crippen LogP contribution in [0, 0.1) is 5.82 Å². The monoisotopic (exact) mass is 342 g/mol. The lowest BCUT2D eigenvalue weighted by atomic mass is 10.2. The van der Waals surface area contributed by atoms with Crippen LogP contribution in [0.2, 0.25) is 0 Å². The summed E-state index contributed by atoms with van der Waals surface area (Å²) in [6.45, 7) is 4.27. The molecule has 7 nitrogen and oxygen atoms in total. The number of hydrogen-bond donors (Lipinski definition) is 0. The number of anilines is 1. The van der Waals surface area contributed by atoms with Crippen molar-refractivity contribution in [2.45, 2.75) is 6.54 Å². The minimum absolute atomic E-state index is 0.282. The molecule has 4 rings (SSSR count). The first-order chi connectivity index (χ1) is 12.2. The molecular formula is C17H19FN6O. The van der Waals surface area contributed by atoms with E-state index in [2.05, 4.69) is 25.1 Å². The molecule has 1 aromatic carbocycles. The molecule has 0 radical (unpaired) electrons. The van der Waals surface area contributed by atoms with Crippen LogP contribution in [-0.2, 0) is 6.54 Å². The molecule has 0 aliphatic carbocycles. The van der Waals surface area contributed by atoms with Gasteiger partial charge in [-0.15, -0.1) is 15.3 Å². The molecule has 0 unspecified atom stereocenters. The maximum Gasteiger partial charge on any atom is 0.177 e. The second-order valence-corrected chi connectivity index (χ2v) is 6.06. The quantitative estimate of drug-likeness (QED) is 0.718. The molecule has 3 heterocycles. The molecular weight excluding hydrogens is 323 g/mol. The Morgan fingerprint density at radius 2 is 1.96 bits per heavy atom. The number of benzene rings is 1. The summed E-state index contributed by atoms with van der Waals surface area (Å²) in [5.74, 6) is 0.886. The largest absolute Gasteiger partial charge is 0.494 e. The number of fused-ring (bicyclic) bond motifs is 1. The van der Waals surface area contributed by atoms with Crippen LogP contribution in [0.5, 0.6) is 5.75 Å². The third-order valence-corrected chi connectivity index (χ3v) is 4.47. The highest BCUT2D eigenvalue weighted by atomic mass is 19.1. The summed E-state index contributed by atoms with van der Waals surface area (Å²) in [5, 5.41) is 12.4. The van der Waals surface area contributed by atoms with E-state index in [0.29, 0.717) is 0 Å². The van der Waals surface area contributed by atoms with E-state index in [-0.39, 0.29) is 11.6 Å². The average Bonchev–Trinajstić information content (AvgIpc) is 3.10. The van der Waals surface area contributed by atoms with E-state index in [0.717, 1.165) is 49.8 Å². The van der Waals surface area contributed by atoms with E-state index in [1.165, 1.54) is 7.11 Å². The van der Waals surface area contributed by atoms with Gasteiger partial charge in [-0.3, -0.25) is 4.90 Å². The standard InChI is InChI=1S/C17H19FN6O/c1-25-15-3-2-13(10-14(15)18)11-22-6-8-23(9-7-22)17-5-4-16-20-19-12-24(16)21-17/h2-5,10,12H,6-9,11H2,1H3. The fraction of sp³-hybridized carbons (Fsp3) is 0.353. The lowest BCUT2D eigenvalue weighted by molar-refractivity contribution is 0.248. The molecule has 1 aliphatic heterocycles. The number of ether oxygens (including phenoxy) is 1. The van der Waals surface area contributed by atoms with Gasteiger partial charge in [-0.2, -0.15) is 4.52 Å². The first-order valence-electron chi connectivity index (χ1n) is 8.20. The lowest BCUT2D eigenvalue weighted by Gasteiger charge is -2.35. The summed E-state index contributed by atoms with van der Waals surface area (Å²) in [7, 11) is 1.47. The number of rotatable bonds is 4. The van der Waals surface area contributed by atoms with Crippen molar-refractivity contribution in [2.75, 3.05) is 38.2 Å². The number of halogens is 1. The highest BCUT2D eigenvalue weighted by molar-refractivity contribution is 5.45. The number of aromatic nitrogens is 4. The van der Waals surface area contributed by atoms with Crippen LogP contribution in [0.4, 0.5) is 10.2 Å². The summed E-state index contributed by atoms with van der Waals surface area (Å²) in [6.07, 6.45) is 1.60. The fourth-order valence-corrected chi connectivity index (χ4v) is 3.09. The summed E-state index contributed by atoms with van der Waals surface area (Å²) >= 11 is 0. The van der Waals surface area contributed by atoms with Gasteiger partial charge in [-0.25, -0.2) is 4.39 Å². The third-order valence-electron chi connectivity index (χ3n) is 4.47. The Morgan fingerprint density at radius 3 is 2.72 bits per heavy atom. The van der Waals surface area contributed by atoms with Crippen molar-refractivity contribution >= 4 is 11.5 Å². The Balaban J connectivity index is 1.38. The Hall–Kier alpha value is -2.74. The molecule has 1 aliphatic rings. The smallest absolute Gasteiger partial charge is 0.177 e. The van der Waals surface area contributed by atoms with E-state index in [9.17, 15) is 4.39 Å². The third kappa shape index (κ3) is 3.25. The van der Waals surface area contributed by atoms with Gasteiger partial charge in [0, 0.05) is 32.7 Å². The minimum atomic E-state index is -0.315. The van der Waals surface area contributed by atoms with Crippen LogP contribution in [0.3, 0.4) is 0 Å². The average molecular weight is 342 g/mol. The second-order valence-electron chi connectivity index (χ2n) is 6.06. The highest BCUT2D eigenvalue weighted by Crippen LogP contribution is 2.20. The molecule has 0 N–H and O–H groups in total. The molecule has 130 valence electrons. The van der Waals surface area contributed by atoms with E-state index in [4.69, 9.17) is 4.74 Å². The molecule has 0 spiro atoms. The SMILES string of the molecule is COc1ccc(CN2CCN(c3ccc4nncn4n3)CC2)cc1F. The molecule has 25 heavy (non-hydrogen) atoms. The zero-order valence-corrected chi connectivity index (χ0v) is 14.0. The molecule has 1 fully saturated rings. The van der Waals surface area contributed by atoms with Crippen molar-refractivity contribution in [3.8, 4) is 5.75 Å². The highest BCUT2D eigenvalue weighted by Gasteiger charge is 2.19. The lowest BCUT2D eigenvalue weighted by Crippen LogP contribution is -2.46. The first-order valence-corrected chi connectivity index (χ1v) is 8.20. The van der Waals surface area contributed by atoms with Crippen molar-refractivity contribution in [2.24, 2.45) is 0 Å². The molecule has 0 atom stereocenters. The van der Waals surface area contributed by atoms with Crippen LogP contribution in [0.15, 0.2) is 36.7 Å². The zero-order valence-electron chi connectivity index (χ0n) is 14.0. The summed E-state index contributed by atoms with van der Waals surface area (Å²) < 4.78 is 20.5. The first kappa shape index (κ1) is 15.8. The Bertz CT molecular complexity index is 874. The Labute approximate surface area is 144 Å². The van der Waals surface area contributed by atoms with Crippen LogP contribution in [-0.4, -0.2) is 58.0 Å². The van der Waals surface area contributed by atoms with E-state index >= 15 is 0 Å². The van der Waals surface area contributed by atoms with Crippen molar-refractivity contribution in [1.82, 2.24) is 24.7 Å². The molecule has 2 aromatic heterocycles. The van der Waals surface area contributed by atoms with E-state index in [1.54, 1.807) is 23.0 Å². The topological polar surface area (TPSA) is 58.8 Å². The predicted octanol–water partition coefficient (Wildman–Crippen LogP) is 1.59. The van der Waals surface area contributed by atoms with Gasteiger partial charge >= 0.3 is 0 Å². The number of hydrogen-bond acceptors (Lipinski definition) is 6. The molecule has 3 aromatic rings. The van der Waals surface area contributed by atoms with E-state index in [1.807, 2.05) is 18.2 Å². The summed E-state index contributed by atoms with van der Waals surface area (Å²) in [4.78, 5) is 4.56. The van der Waals surface area contributed by atoms with Crippen LogP contribution >= 0.6 is 0 Å². The maximum atomic E-state index is 13.8. The van der Waals surface area contributed by atoms with Gasteiger partial charge in [0.05, 0.1) is 7.11 Å². The van der Waals surface area contributed by atoms with Crippen molar-refractivity contribution in [3.63, 3.8) is 0 Å². The molecule has 0 amide bonds. The zero-order chi connectivity index (χ0) is 17.2. The molecule has 0 bridgehead atoms. The Morgan fingerprint density at radius 1 is 1.12 bits per heavy atom. The Kier molecular flexibility index (Phi) is 4.19. The van der Waals surface area contributed by atoms with Crippen molar-refractivity contribution in [3.05, 3.63) is 48.0 Å². The van der Waals surface area contributed by atoms with Crippen molar-refractivity contribution in [1.29, 1.82) is 0 Å². The normalized spacial score (nSPS) is 15.7. The van der Waals surface area contributed by atoms with E-state index < -0.39 is 0 Å². The fourth-order valence-electron chi connectivity index (χ4n) is 3.09. The maximum absolute atomic E-state index is 13.8. The van der Waals surface area contributed by atoms with Gasteiger partial charge in [0.25, 0.3) is 0 Å². The molecule has 0 saturated carbocycles. The number of piperazine rings is 1. The minimum Gasteiger partial charge on any atom is -0.494 e. The number of methoxy groups -OCH3 is 1. The van der Waals surface area contributed by atoms with Gasteiger partial charge in [0.15, 0.2) is 17.2 Å². The van der Waals surface area contributed by atoms with Crippen LogP contribution < -0.4 is 9.64 Å². The van der Waals surface area contributed by atoms with Gasteiger partial charge < -0.3 is 9.64 Å². The van der Waals surface area contributed by atoms with Gasteiger partial charge in [-0.1, -0.05) is 6.07 Å². The van der Waals surface area contributed by atoms with Gasteiger partial charge in [0.2, 0.25) is 0 Å². The number of nitrogens with zero attached hydrogens (tertiary/aromatic N) is 6. The molecule has 8 heteroatoms. The second kappa shape index (κ2) is 6.64. The summed E-state index contributed by atoms with van der Waals surface area (Å²) in [6, 6.07) is 9.03. The summed E-state index contributed by atoms with van der Waals surface area (Å²) in [5.41, 5.74) is 1.69. The van der Waals surface area contributed by atoms with Gasteiger partial charge in [0.1, 0.15) is 12.1 Å².